The molecule has 0 spiro atoms. The van der Waals surface area contributed by atoms with Crippen molar-refractivity contribution in [2.75, 3.05) is 0 Å². The second kappa shape index (κ2) is 3.23. The van der Waals surface area contributed by atoms with Crippen LogP contribution in [0.2, 0.25) is 0 Å². The normalized spacial score (nSPS) is 38.3. The highest BCUT2D eigenvalue weighted by molar-refractivity contribution is 5.65. The Hall–Kier alpha value is -0.890. The van der Waals surface area contributed by atoms with Gasteiger partial charge in [0.2, 0.25) is 0 Å². The average molecular weight is 164 g/mol. The topological polar surface area (TPSA) is 38.4 Å². The molecular weight excluding hydrogens is 148 g/mol. The molecule has 2 heteroatoms. The van der Waals surface area contributed by atoms with Gasteiger partial charge in [-0.3, -0.25) is 4.99 Å². The number of nitrogens with two attached hydrogens (primary N) is 1. The maximum absolute atomic E-state index is 6.03. The van der Waals surface area contributed by atoms with Crippen LogP contribution in [0.1, 0.15) is 20.8 Å². The molecule has 0 saturated carbocycles. The summed E-state index contributed by atoms with van der Waals surface area (Å²) in [6.45, 7) is 6.06. The summed E-state index contributed by atoms with van der Waals surface area (Å²) >= 11 is 0. The molecule has 0 radical (unpaired) electrons. The highest BCUT2D eigenvalue weighted by Gasteiger charge is 2.21. The molecule has 0 aromatic rings. The molecule has 0 aliphatic carbocycles. The molecule has 0 aromatic heterocycles. The van der Waals surface area contributed by atoms with Crippen LogP contribution in [0.4, 0.5) is 0 Å². The Labute approximate surface area is 73.9 Å². The highest BCUT2D eigenvalue weighted by atomic mass is 14.8. The van der Waals surface area contributed by atoms with Crippen molar-refractivity contribution < 1.29 is 0 Å². The summed E-state index contributed by atoms with van der Waals surface area (Å²) in [6, 6.07) is 0. The minimum atomic E-state index is -0.277. The van der Waals surface area contributed by atoms with E-state index in [0.29, 0.717) is 0 Å². The Morgan fingerprint density at radius 1 is 1.58 bits per heavy atom. The lowest BCUT2D eigenvalue weighted by Crippen LogP contribution is -2.41. The average Bonchev–Trinajstić information content (AvgIpc) is 1.98. The maximum Gasteiger partial charge on any atom is 0.0389 e. The minimum absolute atomic E-state index is 0.275. The summed E-state index contributed by atoms with van der Waals surface area (Å²) in [7, 11) is 0. The third-order valence-electron chi connectivity index (χ3n) is 2.28. The van der Waals surface area contributed by atoms with E-state index < -0.39 is 0 Å². The molecule has 0 fully saturated rings. The van der Waals surface area contributed by atoms with Gasteiger partial charge in [-0.05, 0) is 19.9 Å². The van der Waals surface area contributed by atoms with Crippen molar-refractivity contribution in [3.8, 4) is 0 Å². The van der Waals surface area contributed by atoms with Crippen molar-refractivity contribution in [3.05, 3.63) is 23.9 Å². The Bertz CT molecular complexity index is 247. The fourth-order valence-corrected chi connectivity index (χ4v) is 0.979. The Morgan fingerprint density at radius 2 is 2.25 bits per heavy atom. The summed E-state index contributed by atoms with van der Waals surface area (Å²) < 4.78 is 0. The first-order valence-electron chi connectivity index (χ1n) is 4.21. The number of nitrogens with zero attached hydrogens (tertiary/aromatic N) is 1. The van der Waals surface area contributed by atoms with Gasteiger partial charge in [0.05, 0.1) is 0 Å². The fraction of sp³-hybridized carbons (Fsp3) is 0.500. The summed E-state index contributed by atoms with van der Waals surface area (Å²) in [4.78, 5) is 4.27. The van der Waals surface area contributed by atoms with E-state index in [1.807, 2.05) is 38.3 Å². The van der Waals surface area contributed by atoms with E-state index in [1.165, 1.54) is 0 Å². The van der Waals surface area contributed by atoms with Crippen molar-refractivity contribution >= 4 is 6.21 Å². The van der Waals surface area contributed by atoms with Crippen LogP contribution in [0.25, 0.3) is 0 Å². The van der Waals surface area contributed by atoms with E-state index in [2.05, 4.69) is 11.9 Å². The third kappa shape index (κ3) is 2.05. The second-order valence-electron chi connectivity index (χ2n) is 3.60. The van der Waals surface area contributed by atoms with Gasteiger partial charge in [0, 0.05) is 23.4 Å². The van der Waals surface area contributed by atoms with Crippen LogP contribution < -0.4 is 5.73 Å². The molecule has 1 aliphatic rings. The molecule has 2 atom stereocenters. The maximum atomic E-state index is 6.03. The summed E-state index contributed by atoms with van der Waals surface area (Å²) in [5, 5.41) is 0. The van der Waals surface area contributed by atoms with Crippen LogP contribution in [-0.4, -0.2) is 11.8 Å². The molecule has 0 amide bonds. The first kappa shape index (κ1) is 9.20. The van der Waals surface area contributed by atoms with Crippen LogP contribution >= 0.6 is 0 Å². The van der Waals surface area contributed by atoms with Crippen molar-refractivity contribution in [1.29, 1.82) is 0 Å². The van der Waals surface area contributed by atoms with E-state index in [4.69, 9.17) is 5.73 Å². The number of rotatable bonds is 0. The third-order valence-corrected chi connectivity index (χ3v) is 2.28. The monoisotopic (exact) mass is 164 g/mol. The molecular formula is C10H16N2. The van der Waals surface area contributed by atoms with Gasteiger partial charge in [-0.1, -0.05) is 19.1 Å². The quantitative estimate of drug-likeness (QED) is 0.583. The van der Waals surface area contributed by atoms with Crippen LogP contribution in [0.3, 0.4) is 0 Å². The molecule has 1 rings (SSSR count). The predicted molar refractivity (Wildman–Crippen MR) is 53.1 cm³/mol. The zero-order valence-electron chi connectivity index (χ0n) is 7.91. The molecule has 1 heterocycles. The molecule has 0 bridgehead atoms. The Morgan fingerprint density at radius 3 is 2.92 bits per heavy atom. The van der Waals surface area contributed by atoms with Gasteiger partial charge in [0.1, 0.15) is 0 Å². The number of aliphatic imine (C=N–C) groups is 1. The van der Waals surface area contributed by atoms with E-state index in [-0.39, 0.29) is 11.5 Å². The van der Waals surface area contributed by atoms with Gasteiger partial charge < -0.3 is 5.73 Å². The first-order valence-corrected chi connectivity index (χ1v) is 4.21. The second-order valence-corrected chi connectivity index (χ2v) is 3.60. The number of hydrogen-bond acceptors (Lipinski definition) is 2. The largest absolute Gasteiger partial charge is 0.322 e. The summed E-state index contributed by atoms with van der Waals surface area (Å²) in [6.07, 6.45) is 7.87. The number of allylic oxidation sites excluding steroid dienone is 3. The van der Waals surface area contributed by atoms with Crippen LogP contribution in [0.15, 0.2) is 28.9 Å². The lowest BCUT2D eigenvalue weighted by molar-refractivity contribution is 0.490. The Kier molecular flexibility index (Phi) is 2.48. The zero-order valence-corrected chi connectivity index (χ0v) is 7.91. The van der Waals surface area contributed by atoms with Crippen molar-refractivity contribution in [2.24, 2.45) is 16.6 Å². The van der Waals surface area contributed by atoms with Crippen molar-refractivity contribution in [2.45, 2.75) is 26.3 Å². The first-order chi connectivity index (χ1) is 5.52. The van der Waals surface area contributed by atoms with Gasteiger partial charge in [-0.2, -0.15) is 0 Å². The smallest absolute Gasteiger partial charge is 0.0389 e. The van der Waals surface area contributed by atoms with Crippen molar-refractivity contribution in [1.82, 2.24) is 0 Å². The fourth-order valence-electron chi connectivity index (χ4n) is 0.979. The zero-order chi connectivity index (χ0) is 9.19. The molecule has 1 unspecified atom stereocenters. The standard InChI is InChI=1S/C10H16N2/c1-8-7-12-9(2)5-4-6-10(8,3)11/h4-8H,11H2,1-3H3/b6-4-,9-5?,12-7?/t8-,10?/m1/s1. The van der Waals surface area contributed by atoms with E-state index in [9.17, 15) is 0 Å². The van der Waals surface area contributed by atoms with E-state index in [0.717, 1.165) is 5.70 Å². The SMILES string of the molecule is CC1=C/C=C\C(C)(N)[C@H](C)C=N1. The van der Waals surface area contributed by atoms with E-state index in [1.54, 1.807) is 0 Å². The van der Waals surface area contributed by atoms with Gasteiger partial charge >= 0.3 is 0 Å². The number of hydrogen-bond donors (Lipinski definition) is 1. The molecule has 12 heavy (non-hydrogen) atoms. The lowest BCUT2D eigenvalue weighted by atomic mass is 9.88. The molecule has 0 saturated heterocycles. The highest BCUT2D eigenvalue weighted by Crippen LogP contribution is 2.16. The van der Waals surface area contributed by atoms with Crippen LogP contribution in [0.5, 0.6) is 0 Å². The molecule has 1 aliphatic heterocycles. The van der Waals surface area contributed by atoms with E-state index >= 15 is 0 Å². The van der Waals surface area contributed by atoms with Gasteiger partial charge in [-0.15, -0.1) is 0 Å². The lowest BCUT2D eigenvalue weighted by Gasteiger charge is -2.25. The van der Waals surface area contributed by atoms with Gasteiger partial charge in [0.25, 0.3) is 0 Å². The summed E-state index contributed by atoms with van der Waals surface area (Å²) in [5.41, 5.74) is 6.77. The molecule has 66 valence electrons. The van der Waals surface area contributed by atoms with Crippen molar-refractivity contribution in [3.63, 3.8) is 0 Å². The molecule has 2 N–H and O–H groups in total. The summed E-state index contributed by atoms with van der Waals surface area (Å²) in [5.74, 6) is 0.275. The van der Waals surface area contributed by atoms with Crippen LogP contribution in [0, 0.1) is 5.92 Å². The predicted octanol–water partition coefficient (Wildman–Crippen LogP) is 1.88. The Balaban J connectivity index is 2.96. The van der Waals surface area contributed by atoms with Gasteiger partial charge in [-0.25, -0.2) is 0 Å². The molecule has 2 nitrogen and oxygen atoms in total. The van der Waals surface area contributed by atoms with Crippen LogP contribution in [-0.2, 0) is 0 Å². The van der Waals surface area contributed by atoms with Gasteiger partial charge in [0.15, 0.2) is 0 Å². The minimum Gasteiger partial charge on any atom is -0.322 e. The molecule has 0 aromatic carbocycles.